The van der Waals surface area contributed by atoms with E-state index in [1.54, 1.807) is 6.20 Å². The van der Waals surface area contributed by atoms with E-state index in [4.69, 9.17) is 0 Å². The zero-order chi connectivity index (χ0) is 13.8. The van der Waals surface area contributed by atoms with Gasteiger partial charge in [-0.25, -0.2) is 0 Å². The summed E-state index contributed by atoms with van der Waals surface area (Å²) in [6.07, 6.45) is 13.3. The molecule has 20 heavy (non-hydrogen) atoms. The second-order valence-electron chi connectivity index (χ2n) is 6.30. The molecular weight excluding hydrogens is 250 g/mol. The van der Waals surface area contributed by atoms with Crippen molar-refractivity contribution < 1.29 is 4.79 Å². The van der Waals surface area contributed by atoms with E-state index >= 15 is 0 Å². The van der Waals surface area contributed by atoms with Gasteiger partial charge < -0.3 is 4.90 Å². The fraction of sp³-hybridized carbons (Fsp3) is 0.750. The number of rotatable bonds is 5. The van der Waals surface area contributed by atoms with Crippen molar-refractivity contribution in [1.29, 1.82) is 0 Å². The highest BCUT2D eigenvalue weighted by molar-refractivity contribution is 5.76. The van der Waals surface area contributed by atoms with Crippen LogP contribution in [-0.2, 0) is 11.3 Å². The van der Waals surface area contributed by atoms with Gasteiger partial charge in [0.2, 0.25) is 5.91 Å². The van der Waals surface area contributed by atoms with Crippen LogP contribution in [0.1, 0.15) is 51.4 Å². The van der Waals surface area contributed by atoms with Crippen LogP contribution in [0.5, 0.6) is 0 Å². The molecule has 0 radical (unpaired) electrons. The lowest BCUT2D eigenvalue weighted by Crippen LogP contribution is -2.38. The molecule has 1 aromatic heterocycles. The van der Waals surface area contributed by atoms with E-state index in [-0.39, 0.29) is 0 Å². The fourth-order valence-electron chi connectivity index (χ4n) is 3.75. The van der Waals surface area contributed by atoms with E-state index in [1.807, 2.05) is 16.9 Å². The van der Waals surface area contributed by atoms with E-state index in [0.717, 1.165) is 44.7 Å². The molecule has 0 spiro atoms. The number of carbonyl (C=O) groups is 1. The van der Waals surface area contributed by atoms with Gasteiger partial charge in [-0.05, 0) is 31.2 Å². The highest BCUT2D eigenvalue weighted by Gasteiger charge is 2.29. The van der Waals surface area contributed by atoms with Crippen molar-refractivity contribution in [3.8, 4) is 0 Å². The van der Waals surface area contributed by atoms with Crippen LogP contribution in [0.25, 0.3) is 0 Å². The van der Waals surface area contributed by atoms with Crippen LogP contribution >= 0.6 is 0 Å². The van der Waals surface area contributed by atoms with E-state index < -0.39 is 0 Å². The van der Waals surface area contributed by atoms with Crippen molar-refractivity contribution in [3.63, 3.8) is 0 Å². The second-order valence-corrected chi connectivity index (χ2v) is 6.30. The third-order valence-electron chi connectivity index (χ3n) is 4.90. The van der Waals surface area contributed by atoms with Crippen LogP contribution in [-0.4, -0.2) is 33.2 Å². The Hall–Kier alpha value is -1.32. The van der Waals surface area contributed by atoms with Gasteiger partial charge in [0.05, 0.1) is 12.6 Å². The molecule has 0 aromatic carbocycles. The molecular formula is C16H25N3O. The van der Waals surface area contributed by atoms with Crippen LogP contribution in [0.4, 0.5) is 0 Å². The molecule has 1 saturated heterocycles. The SMILES string of the molecule is O=C(CCC1CCCC1)N1CCC[C@H]1Cn1cccn1. The van der Waals surface area contributed by atoms with Gasteiger partial charge in [-0.2, -0.15) is 5.10 Å². The Balaban J connectivity index is 1.50. The molecule has 0 unspecified atom stereocenters. The molecule has 4 nitrogen and oxygen atoms in total. The molecule has 1 amide bonds. The first-order valence-electron chi connectivity index (χ1n) is 8.10. The standard InChI is InChI=1S/C16H25N3O/c20-16(9-8-14-5-1-2-6-14)19-12-3-7-15(19)13-18-11-4-10-17-18/h4,10-11,14-15H,1-3,5-9,12-13H2/t15-/m0/s1. The number of nitrogens with zero attached hydrogens (tertiary/aromatic N) is 3. The third-order valence-corrected chi connectivity index (χ3v) is 4.90. The summed E-state index contributed by atoms with van der Waals surface area (Å²) in [5.41, 5.74) is 0. The van der Waals surface area contributed by atoms with Gasteiger partial charge in [-0.15, -0.1) is 0 Å². The lowest BCUT2D eigenvalue weighted by Gasteiger charge is -2.25. The van der Waals surface area contributed by atoms with Gasteiger partial charge in [-0.3, -0.25) is 9.48 Å². The predicted octanol–water partition coefficient (Wildman–Crippen LogP) is 2.84. The van der Waals surface area contributed by atoms with Gasteiger partial charge in [0.25, 0.3) is 0 Å². The summed E-state index contributed by atoms with van der Waals surface area (Å²) in [6, 6.07) is 2.30. The molecule has 0 N–H and O–H groups in total. The number of likely N-dealkylation sites (tertiary alicyclic amines) is 1. The number of hydrogen-bond donors (Lipinski definition) is 0. The van der Waals surface area contributed by atoms with Crippen LogP contribution < -0.4 is 0 Å². The largest absolute Gasteiger partial charge is 0.338 e. The zero-order valence-corrected chi connectivity index (χ0v) is 12.2. The van der Waals surface area contributed by atoms with E-state index in [0.29, 0.717) is 11.9 Å². The Morgan fingerprint density at radius 3 is 2.80 bits per heavy atom. The molecule has 110 valence electrons. The molecule has 2 heterocycles. The second kappa shape index (κ2) is 6.42. The summed E-state index contributed by atoms with van der Waals surface area (Å²) in [7, 11) is 0. The maximum absolute atomic E-state index is 12.4. The first-order chi connectivity index (χ1) is 9.83. The maximum atomic E-state index is 12.4. The number of aromatic nitrogens is 2. The summed E-state index contributed by atoms with van der Waals surface area (Å²) < 4.78 is 1.95. The van der Waals surface area contributed by atoms with Gasteiger partial charge in [0.15, 0.2) is 0 Å². The summed E-state index contributed by atoms with van der Waals surface area (Å²) in [6.45, 7) is 1.79. The normalized spacial score (nSPS) is 23.6. The summed E-state index contributed by atoms with van der Waals surface area (Å²) >= 11 is 0. The molecule has 1 saturated carbocycles. The summed E-state index contributed by atoms with van der Waals surface area (Å²) in [4.78, 5) is 14.5. The Morgan fingerprint density at radius 2 is 2.05 bits per heavy atom. The smallest absolute Gasteiger partial charge is 0.222 e. The minimum absolute atomic E-state index is 0.353. The number of carbonyl (C=O) groups excluding carboxylic acids is 1. The Bertz CT molecular complexity index is 423. The van der Waals surface area contributed by atoms with E-state index in [1.165, 1.54) is 25.7 Å². The topological polar surface area (TPSA) is 38.1 Å². The fourth-order valence-corrected chi connectivity index (χ4v) is 3.75. The maximum Gasteiger partial charge on any atom is 0.222 e. The lowest BCUT2D eigenvalue weighted by atomic mass is 10.0. The number of amides is 1. The highest BCUT2D eigenvalue weighted by atomic mass is 16.2. The van der Waals surface area contributed by atoms with Gasteiger partial charge in [-0.1, -0.05) is 25.7 Å². The third kappa shape index (κ3) is 3.22. The lowest BCUT2D eigenvalue weighted by molar-refractivity contribution is -0.132. The summed E-state index contributed by atoms with van der Waals surface area (Å²) in [5, 5.41) is 4.26. The van der Waals surface area contributed by atoms with Crippen molar-refractivity contribution in [2.75, 3.05) is 6.54 Å². The van der Waals surface area contributed by atoms with E-state index in [9.17, 15) is 4.79 Å². The van der Waals surface area contributed by atoms with Gasteiger partial charge >= 0.3 is 0 Å². The quantitative estimate of drug-likeness (QED) is 0.828. The molecule has 3 rings (SSSR count). The van der Waals surface area contributed by atoms with Gasteiger partial charge in [0, 0.05) is 25.4 Å². The predicted molar refractivity (Wildman–Crippen MR) is 78.2 cm³/mol. The van der Waals surface area contributed by atoms with Crippen molar-refractivity contribution in [1.82, 2.24) is 14.7 Å². The number of hydrogen-bond acceptors (Lipinski definition) is 2. The minimum atomic E-state index is 0.353. The molecule has 2 fully saturated rings. The first-order valence-corrected chi connectivity index (χ1v) is 8.10. The van der Waals surface area contributed by atoms with E-state index in [2.05, 4.69) is 10.00 Å². The Kier molecular flexibility index (Phi) is 4.38. The minimum Gasteiger partial charge on any atom is -0.338 e. The molecule has 4 heteroatoms. The van der Waals surface area contributed by atoms with Crippen molar-refractivity contribution in [3.05, 3.63) is 18.5 Å². The van der Waals surface area contributed by atoms with Crippen molar-refractivity contribution >= 4 is 5.91 Å². The van der Waals surface area contributed by atoms with Crippen LogP contribution in [0, 0.1) is 5.92 Å². The monoisotopic (exact) mass is 275 g/mol. The van der Waals surface area contributed by atoms with Crippen LogP contribution in [0.2, 0.25) is 0 Å². The zero-order valence-electron chi connectivity index (χ0n) is 12.2. The average Bonchev–Trinajstić information content (AvgIpc) is 3.19. The molecule has 2 aliphatic rings. The first kappa shape index (κ1) is 13.7. The molecule has 1 aromatic rings. The molecule has 1 aliphatic carbocycles. The van der Waals surface area contributed by atoms with Crippen LogP contribution in [0.15, 0.2) is 18.5 Å². The average molecular weight is 275 g/mol. The Labute approximate surface area is 121 Å². The Morgan fingerprint density at radius 1 is 1.20 bits per heavy atom. The molecule has 0 bridgehead atoms. The van der Waals surface area contributed by atoms with Crippen molar-refractivity contribution in [2.45, 2.75) is 64.0 Å². The van der Waals surface area contributed by atoms with Crippen LogP contribution in [0.3, 0.4) is 0 Å². The summed E-state index contributed by atoms with van der Waals surface area (Å²) in [5.74, 6) is 1.18. The highest BCUT2D eigenvalue weighted by Crippen LogP contribution is 2.29. The molecule has 1 atom stereocenters. The van der Waals surface area contributed by atoms with Gasteiger partial charge in [0.1, 0.15) is 0 Å². The molecule has 1 aliphatic heterocycles. The van der Waals surface area contributed by atoms with Crippen molar-refractivity contribution in [2.24, 2.45) is 5.92 Å².